The summed E-state index contributed by atoms with van der Waals surface area (Å²) in [4.78, 5) is 29.3. The number of hydrogen-bond acceptors (Lipinski definition) is 3. The van der Waals surface area contributed by atoms with Gasteiger partial charge in [0.2, 0.25) is 0 Å². The fourth-order valence-corrected chi connectivity index (χ4v) is 0.865. The normalized spacial score (nSPS) is 8.00. The summed E-state index contributed by atoms with van der Waals surface area (Å²) in [5.41, 5.74) is 0.331. The van der Waals surface area contributed by atoms with Crippen LogP contribution >= 0.6 is 0 Å². The molecule has 0 spiro atoms. The molecular formula is C12H15NaO4. The van der Waals surface area contributed by atoms with Crippen LogP contribution in [0.3, 0.4) is 0 Å². The molecule has 0 radical (unpaired) electrons. The Bertz CT molecular complexity index is 322. The first kappa shape index (κ1) is 18.4. The quantitative estimate of drug-likeness (QED) is 0.413. The molecule has 88 valence electrons. The molecule has 5 heteroatoms. The second kappa shape index (κ2) is 13.1. The van der Waals surface area contributed by atoms with E-state index in [1.807, 2.05) is 0 Å². The van der Waals surface area contributed by atoms with Crippen molar-refractivity contribution in [2.45, 2.75) is 19.3 Å². The van der Waals surface area contributed by atoms with E-state index in [1.165, 1.54) is 0 Å². The van der Waals surface area contributed by atoms with Crippen LogP contribution in [0.5, 0.6) is 0 Å². The average molecular weight is 246 g/mol. The molecule has 1 aromatic carbocycles. The Hall–Kier alpha value is -0.970. The molecule has 1 aromatic rings. The largest absolute Gasteiger partial charge is 1.00 e. The van der Waals surface area contributed by atoms with Gasteiger partial charge < -0.3 is 16.1 Å². The van der Waals surface area contributed by atoms with Crippen molar-refractivity contribution in [1.29, 1.82) is 0 Å². The van der Waals surface area contributed by atoms with Crippen molar-refractivity contribution >= 4 is 18.5 Å². The number of aldehydes is 2. The van der Waals surface area contributed by atoms with Gasteiger partial charge >= 0.3 is 35.5 Å². The topological polar surface area (TPSA) is 71.4 Å². The Labute approximate surface area is 124 Å². The zero-order chi connectivity index (χ0) is 12.2. The molecule has 0 aliphatic carbocycles. The van der Waals surface area contributed by atoms with Crippen LogP contribution in [0.1, 0.15) is 31.0 Å². The van der Waals surface area contributed by atoms with Crippen LogP contribution in [-0.2, 0) is 9.59 Å². The monoisotopic (exact) mass is 246 g/mol. The molecule has 0 aliphatic heterocycles. The van der Waals surface area contributed by atoms with Crippen molar-refractivity contribution in [1.82, 2.24) is 0 Å². The van der Waals surface area contributed by atoms with E-state index in [0.717, 1.165) is 12.6 Å². The van der Waals surface area contributed by atoms with E-state index in [0.29, 0.717) is 24.8 Å². The van der Waals surface area contributed by atoms with Gasteiger partial charge in [-0.25, -0.2) is 4.79 Å². The first-order valence-electron chi connectivity index (χ1n) is 4.88. The minimum atomic E-state index is -0.879. The van der Waals surface area contributed by atoms with Crippen molar-refractivity contribution in [2.75, 3.05) is 0 Å². The van der Waals surface area contributed by atoms with Crippen LogP contribution in [0, 0.1) is 0 Å². The van der Waals surface area contributed by atoms with Gasteiger partial charge in [-0.15, -0.1) is 0 Å². The molecule has 0 unspecified atom stereocenters. The summed E-state index contributed by atoms with van der Waals surface area (Å²) in [5.74, 6) is -0.879. The number of hydrogen-bond donors (Lipinski definition) is 1. The third kappa shape index (κ3) is 11.3. The molecule has 1 N–H and O–H groups in total. The molecule has 0 atom stereocenters. The van der Waals surface area contributed by atoms with E-state index in [9.17, 15) is 14.4 Å². The second-order valence-electron chi connectivity index (χ2n) is 2.94. The van der Waals surface area contributed by atoms with Gasteiger partial charge in [0.05, 0.1) is 5.56 Å². The summed E-state index contributed by atoms with van der Waals surface area (Å²) < 4.78 is 0. The molecule has 0 heterocycles. The fourth-order valence-electron chi connectivity index (χ4n) is 0.865. The molecule has 0 bridgehead atoms. The number of benzene rings is 1. The van der Waals surface area contributed by atoms with Gasteiger partial charge in [0.1, 0.15) is 12.6 Å². The maximum Gasteiger partial charge on any atom is 1.00 e. The SMILES string of the molecule is O=C(O)c1ccccc1.O=CCCCC=O.[H-].[Na+]. The van der Waals surface area contributed by atoms with Crippen LogP contribution in [0.4, 0.5) is 0 Å². The summed E-state index contributed by atoms with van der Waals surface area (Å²) in [5, 5.41) is 8.38. The standard InChI is InChI=1S/C7H6O2.C5H8O2.Na.H/c8-7(9)6-4-2-1-3-5-6;6-4-2-1-3-5-7;;/h1-5H,(H,8,9);4-5H,1-3H2;;/q;;+1;-1. The summed E-state index contributed by atoms with van der Waals surface area (Å²) in [6, 6.07) is 8.30. The summed E-state index contributed by atoms with van der Waals surface area (Å²) in [6.07, 6.45) is 3.37. The third-order valence-corrected chi connectivity index (χ3v) is 1.66. The fraction of sp³-hybridized carbons (Fsp3) is 0.250. The Morgan fingerprint density at radius 2 is 1.59 bits per heavy atom. The molecule has 0 amide bonds. The number of carbonyl (C=O) groups is 3. The Morgan fingerprint density at radius 3 is 1.88 bits per heavy atom. The summed E-state index contributed by atoms with van der Waals surface area (Å²) in [6.45, 7) is 0. The Balaban J connectivity index is -0.000000232. The Morgan fingerprint density at radius 1 is 1.12 bits per heavy atom. The number of aromatic carboxylic acids is 1. The first-order valence-corrected chi connectivity index (χ1v) is 4.88. The molecule has 4 nitrogen and oxygen atoms in total. The maximum absolute atomic E-state index is 10.2. The van der Waals surface area contributed by atoms with E-state index in [4.69, 9.17) is 5.11 Å². The van der Waals surface area contributed by atoms with Crippen LogP contribution in [0.25, 0.3) is 0 Å². The van der Waals surface area contributed by atoms with Crippen LogP contribution in [0.2, 0.25) is 0 Å². The Kier molecular flexibility index (Phi) is 14.2. The van der Waals surface area contributed by atoms with E-state index in [2.05, 4.69) is 0 Å². The molecule has 0 aromatic heterocycles. The molecular weight excluding hydrogens is 231 g/mol. The molecule has 1 rings (SSSR count). The summed E-state index contributed by atoms with van der Waals surface area (Å²) in [7, 11) is 0. The van der Waals surface area contributed by atoms with E-state index >= 15 is 0 Å². The number of unbranched alkanes of at least 4 members (excludes halogenated alkanes) is 2. The predicted molar refractivity (Wildman–Crippen MR) is 60.5 cm³/mol. The smallest absolute Gasteiger partial charge is 1.00 e. The first-order chi connectivity index (χ1) is 7.72. The van der Waals surface area contributed by atoms with Crippen molar-refractivity contribution in [2.24, 2.45) is 0 Å². The minimum absolute atomic E-state index is 0. The maximum atomic E-state index is 10.2. The third-order valence-electron chi connectivity index (χ3n) is 1.66. The number of carbonyl (C=O) groups excluding carboxylic acids is 2. The molecule has 0 saturated heterocycles. The molecule has 17 heavy (non-hydrogen) atoms. The van der Waals surface area contributed by atoms with Gasteiger partial charge in [-0.2, -0.15) is 0 Å². The summed E-state index contributed by atoms with van der Waals surface area (Å²) >= 11 is 0. The molecule has 0 saturated carbocycles. The zero-order valence-corrected chi connectivity index (χ0v) is 11.8. The van der Waals surface area contributed by atoms with Crippen molar-refractivity contribution in [3.8, 4) is 0 Å². The van der Waals surface area contributed by atoms with Crippen molar-refractivity contribution < 1.29 is 50.5 Å². The van der Waals surface area contributed by atoms with Crippen LogP contribution in [0.15, 0.2) is 30.3 Å². The number of rotatable bonds is 5. The van der Waals surface area contributed by atoms with Gasteiger partial charge in [0.25, 0.3) is 0 Å². The van der Waals surface area contributed by atoms with Crippen molar-refractivity contribution in [3.63, 3.8) is 0 Å². The predicted octanol–water partition coefficient (Wildman–Crippen LogP) is -0.944. The van der Waals surface area contributed by atoms with Gasteiger partial charge in [-0.3, -0.25) is 0 Å². The van der Waals surface area contributed by atoms with Crippen molar-refractivity contribution in [3.05, 3.63) is 35.9 Å². The number of carboxylic acid groups (broad SMARTS) is 1. The van der Waals surface area contributed by atoms with E-state index in [1.54, 1.807) is 30.3 Å². The van der Waals surface area contributed by atoms with Crippen LogP contribution < -0.4 is 29.6 Å². The minimum Gasteiger partial charge on any atom is -1.00 e. The van der Waals surface area contributed by atoms with Gasteiger partial charge in [-0.1, -0.05) is 18.2 Å². The van der Waals surface area contributed by atoms with E-state index < -0.39 is 5.97 Å². The van der Waals surface area contributed by atoms with E-state index in [-0.39, 0.29) is 31.0 Å². The second-order valence-corrected chi connectivity index (χ2v) is 2.94. The van der Waals surface area contributed by atoms with Gasteiger partial charge in [0, 0.05) is 12.8 Å². The molecule has 0 aliphatic rings. The number of carboxylic acids is 1. The van der Waals surface area contributed by atoms with Gasteiger partial charge in [0.15, 0.2) is 0 Å². The van der Waals surface area contributed by atoms with Crippen LogP contribution in [-0.4, -0.2) is 23.6 Å². The molecule has 0 fully saturated rings. The average Bonchev–Trinajstić information content (AvgIpc) is 2.32. The zero-order valence-electron chi connectivity index (χ0n) is 10.8. The van der Waals surface area contributed by atoms with Gasteiger partial charge in [-0.05, 0) is 18.6 Å².